The summed E-state index contributed by atoms with van der Waals surface area (Å²) in [4.78, 5) is 13.6. The van der Waals surface area contributed by atoms with Crippen LogP contribution in [0.3, 0.4) is 0 Å². The summed E-state index contributed by atoms with van der Waals surface area (Å²) < 4.78 is 11.7. The Balaban J connectivity index is 1.55. The topological polar surface area (TPSA) is 72.5 Å². The van der Waals surface area contributed by atoms with Crippen molar-refractivity contribution in [3.05, 3.63) is 46.1 Å². The molecule has 0 saturated carbocycles. The molecule has 2 aliphatic rings. The zero-order valence-corrected chi connectivity index (χ0v) is 16.3. The Kier molecular flexibility index (Phi) is 4.69. The number of nitrogens with one attached hydrogen (secondary N) is 1. The maximum atomic E-state index is 9.18. The summed E-state index contributed by atoms with van der Waals surface area (Å²) in [5.74, 6) is 2.08. The van der Waals surface area contributed by atoms with E-state index in [0.717, 1.165) is 61.7 Å². The molecular formula is C21H21N4O2S+. The number of thiophene rings is 1. The van der Waals surface area contributed by atoms with Crippen molar-refractivity contribution in [2.24, 2.45) is 0 Å². The van der Waals surface area contributed by atoms with E-state index in [2.05, 4.69) is 6.07 Å². The van der Waals surface area contributed by atoms with Gasteiger partial charge in [-0.3, -0.25) is 0 Å². The molecule has 0 bridgehead atoms. The molecule has 0 unspecified atom stereocenters. The van der Waals surface area contributed by atoms with Crippen LogP contribution in [0.5, 0.6) is 11.6 Å². The summed E-state index contributed by atoms with van der Waals surface area (Å²) in [5.41, 5.74) is 1.92. The monoisotopic (exact) mass is 393 g/mol. The van der Waals surface area contributed by atoms with Gasteiger partial charge in [0.15, 0.2) is 5.82 Å². The lowest BCUT2D eigenvalue weighted by Crippen LogP contribution is -3.12. The number of quaternary nitrogens is 1. The van der Waals surface area contributed by atoms with E-state index in [1.54, 1.807) is 23.5 Å². The van der Waals surface area contributed by atoms with Crippen molar-refractivity contribution in [1.29, 1.82) is 5.26 Å². The fourth-order valence-corrected chi connectivity index (χ4v) is 5.23. The minimum atomic E-state index is 0.580. The van der Waals surface area contributed by atoms with Gasteiger partial charge in [0.2, 0.25) is 5.88 Å². The molecule has 7 heteroatoms. The van der Waals surface area contributed by atoms with Crippen LogP contribution >= 0.6 is 11.3 Å². The second kappa shape index (κ2) is 7.47. The summed E-state index contributed by atoms with van der Waals surface area (Å²) in [5, 5.41) is 10.2. The molecule has 3 aromatic rings. The number of benzene rings is 1. The van der Waals surface area contributed by atoms with Gasteiger partial charge in [0, 0.05) is 4.88 Å². The van der Waals surface area contributed by atoms with Crippen LogP contribution in [-0.2, 0) is 24.1 Å². The second-order valence-electron chi connectivity index (χ2n) is 7.26. The van der Waals surface area contributed by atoms with Crippen LogP contribution < -0.4 is 9.64 Å². The van der Waals surface area contributed by atoms with Gasteiger partial charge < -0.3 is 14.4 Å². The lowest BCUT2D eigenvalue weighted by atomic mass is 10.2. The molecule has 0 spiro atoms. The molecule has 1 saturated heterocycles. The standard InChI is InChI=1S/C21H20N4O2S/c22-12-14-3-1-4-15(11-14)27-20-19-16-5-2-6-17(16)28-21(19)24-18(23-20)13-25-7-9-26-10-8-25/h1,3-4,11H,2,5-10,13H2/p+1. The summed E-state index contributed by atoms with van der Waals surface area (Å²) in [7, 11) is 0. The van der Waals surface area contributed by atoms with Crippen LogP contribution in [0.15, 0.2) is 24.3 Å². The molecule has 0 amide bonds. The SMILES string of the molecule is N#Cc1cccc(Oc2nc(C[NH+]3CCOCC3)nc3sc4c(c23)CCC4)c1. The Morgan fingerprint density at radius 3 is 2.96 bits per heavy atom. The first-order chi connectivity index (χ1) is 13.8. The highest BCUT2D eigenvalue weighted by Gasteiger charge is 2.25. The average molecular weight is 393 g/mol. The summed E-state index contributed by atoms with van der Waals surface area (Å²) >= 11 is 1.78. The van der Waals surface area contributed by atoms with Crippen molar-refractivity contribution in [3.63, 3.8) is 0 Å². The smallest absolute Gasteiger partial charge is 0.231 e. The highest BCUT2D eigenvalue weighted by atomic mass is 32.1. The highest BCUT2D eigenvalue weighted by molar-refractivity contribution is 7.19. The molecule has 3 heterocycles. The number of aromatic nitrogens is 2. The average Bonchev–Trinajstić information content (AvgIpc) is 3.30. The Bertz CT molecular complexity index is 1070. The van der Waals surface area contributed by atoms with Gasteiger partial charge in [-0.25, -0.2) is 4.98 Å². The predicted molar refractivity (Wildman–Crippen MR) is 106 cm³/mol. The van der Waals surface area contributed by atoms with Crippen LogP contribution in [-0.4, -0.2) is 36.3 Å². The number of aryl methyl sites for hydroxylation is 2. The van der Waals surface area contributed by atoms with E-state index in [1.807, 2.05) is 12.1 Å². The van der Waals surface area contributed by atoms with E-state index in [0.29, 0.717) is 17.2 Å². The number of fused-ring (bicyclic) bond motifs is 3. The lowest BCUT2D eigenvalue weighted by molar-refractivity contribution is -0.922. The molecule has 1 aliphatic heterocycles. The van der Waals surface area contributed by atoms with Crippen molar-refractivity contribution in [2.75, 3.05) is 26.3 Å². The molecule has 0 atom stereocenters. The van der Waals surface area contributed by atoms with Gasteiger partial charge in [0.25, 0.3) is 0 Å². The number of rotatable bonds is 4. The van der Waals surface area contributed by atoms with Crippen molar-refractivity contribution in [3.8, 4) is 17.7 Å². The van der Waals surface area contributed by atoms with E-state index < -0.39 is 0 Å². The largest absolute Gasteiger partial charge is 0.438 e. The van der Waals surface area contributed by atoms with E-state index in [4.69, 9.17) is 19.4 Å². The van der Waals surface area contributed by atoms with E-state index in [1.165, 1.54) is 21.8 Å². The Morgan fingerprint density at radius 2 is 2.11 bits per heavy atom. The Hall–Kier alpha value is -2.53. The highest BCUT2D eigenvalue weighted by Crippen LogP contribution is 2.41. The fourth-order valence-electron chi connectivity index (χ4n) is 3.96. The van der Waals surface area contributed by atoms with Crippen LogP contribution in [0.2, 0.25) is 0 Å². The predicted octanol–water partition coefficient (Wildman–Crippen LogP) is 2.26. The third kappa shape index (κ3) is 3.35. The zero-order chi connectivity index (χ0) is 18.9. The number of nitriles is 1. The number of nitrogens with zero attached hydrogens (tertiary/aromatic N) is 3. The molecule has 0 radical (unpaired) electrons. The van der Waals surface area contributed by atoms with E-state index in [-0.39, 0.29) is 0 Å². The molecule has 1 N–H and O–H groups in total. The minimum absolute atomic E-state index is 0.580. The van der Waals surface area contributed by atoms with Crippen LogP contribution in [0.25, 0.3) is 10.2 Å². The molecule has 142 valence electrons. The maximum Gasteiger partial charge on any atom is 0.231 e. The molecule has 28 heavy (non-hydrogen) atoms. The van der Waals surface area contributed by atoms with Crippen LogP contribution in [0.4, 0.5) is 0 Å². The first-order valence-electron chi connectivity index (χ1n) is 9.70. The number of morpholine rings is 1. The fraction of sp³-hybridized carbons (Fsp3) is 0.381. The molecule has 1 aliphatic carbocycles. The Labute approximate surface area is 167 Å². The van der Waals surface area contributed by atoms with Gasteiger partial charge in [0.1, 0.15) is 30.2 Å². The van der Waals surface area contributed by atoms with Crippen molar-refractivity contribution < 1.29 is 14.4 Å². The van der Waals surface area contributed by atoms with Gasteiger partial charge in [0.05, 0.1) is 30.2 Å². The van der Waals surface area contributed by atoms with Crippen molar-refractivity contribution >= 4 is 21.6 Å². The molecule has 1 aromatic carbocycles. The van der Waals surface area contributed by atoms with Gasteiger partial charge >= 0.3 is 0 Å². The molecule has 2 aromatic heterocycles. The molecule has 6 nitrogen and oxygen atoms in total. The third-order valence-corrected chi connectivity index (χ3v) is 6.55. The first kappa shape index (κ1) is 17.6. The minimum Gasteiger partial charge on any atom is -0.438 e. The zero-order valence-electron chi connectivity index (χ0n) is 15.5. The van der Waals surface area contributed by atoms with Crippen LogP contribution in [0, 0.1) is 11.3 Å². The summed E-state index contributed by atoms with van der Waals surface area (Å²) in [6.45, 7) is 4.30. The maximum absolute atomic E-state index is 9.18. The lowest BCUT2D eigenvalue weighted by Gasteiger charge is -2.23. The number of ether oxygens (including phenoxy) is 2. The molecule has 5 rings (SSSR count). The summed E-state index contributed by atoms with van der Waals surface area (Å²) in [6, 6.07) is 9.41. The number of hydrogen-bond donors (Lipinski definition) is 1. The Morgan fingerprint density at radius 1 is 1.21 bits per heavy atom. The van der Waals surface area contributed by atoms with E-state index in [9.17, 15) is 5.26 Å². The van der Waals surface area contributed by atoms with Gasteiger partial charge in [-0.2, -0.15) is 10.2 Å². The normalized spacial score (nSPS) is 16.8. The van der Waals surface area contributed by atoms with Gasteiger partial charge in [-0.15, -0.1) is 11.3 Å². The summed E-state index contributed by atoms with van der Waals surface area (Å²) in [6.07, 6.45) is 3.35. The van der Waals surface area contributed by atoms with Crippen molar-refractivity contribution in [2.45, 2.75) is 25.8 Å². The first-order valence-corrected chi connectivity index (χ1v) is 10.5. The molecule has 1 fully saturated rings. The third-order valence-electron chi connectivity index (χ3n) is 5.36. The van der Waals surface area contributed by atoms with Gasteiger partial charge in [-0.05, 0) is 43.0 Å². The van der Waals surface area contributed by atoms with Crippen LogP contribution in [0.1, 0.15) is 28.2 Å². The van der Waals surface area contributed by atoms with Gasteiger partial charge in [-0.1, -0.05) is 6.07 Å². The van der Waals surface area contributed by atoms with E-state index >= 15 is 0 Å². The number of hydrogen-bond acceptors (Lipinski definition) is 6. The molecular weight excluding hydrogens is 372 g/mol. The van der Waals surface area contributed by atoms with Crippen molar-refractivity contribution in [1.82, 2.24) is 9.97 Å². The second-order valence-corrected chi connectivity index (χ2v) is 8.35. The quantitative estimate of drug-likeness (QED) is 0.736.